The van der Waals surface area contributed by atoms with Crippen molar-refractivity contribution in [1.29, 1.82) is 0 Å². The summed E-state index contributed by atoms with van der Waals surface area (Å²) in [6.07, 6.45) is 0.0939. The van der Waals surface area contributed by atoms with Gasteiger partial charge in [0, 0.05) is 17.1 Å². The summed E-state index contributed by atoms with van der Waals surface area (Å²) >= 11 is 1.27. The number of ether oxygens (including phenoxy) is 1. The van der Waals surface area contributed by atoms with Crippen LogP contribution in [-0.2, 0) is 11.2 Å². The molecule has 0 atom stereocenters. The number of methoxy groups -OCH3 is 1. The molecule has 0 saturated heterocycles. The Balaban J connectivity index is 2.08. The number of carboxylic acids is 1. The van der Waals surface area contributed by atoms with Crippen LogP contribution in [0.2, 0.25) is 0 Å². The average molecular weight is 307 g/mol. The summed E-state index contributed by atoms with van der Waals surface area (Å²) in [5.41, 5.74) is 6.56. The van der Waals surface area contributed by atoms with Gasteiger partial charge in [-0.05, 0) is 12.1 Å². The summed E-state index contributed by atoms with van der Waals surface area (Å²) in [6.45, 7) is 0. The van der Waals surface area contributed by atoms with Crippen LogP contribution >= 0.6 is 11.3 Å². The fourth-order valence-electron chi connectivity index (χ4n) is 1.72. The van der Waals surface area contributed by atoms with E-state index in [1.807, 2.05) is 0 Å². The van der Waals surface area contributed by atoms with Gasteiger partial charge >= 0.3 is 5.97 Å². The molecule has 0 spiro atoms. The molecule has 0 aliphatic rings. The third kappa shape index (κ3) is 3.69. The van der Waals surface area contributed by atoms with Gasteiger partial charge < -0.3 is 20.9 Å². The number of carbonyl (C=O) groups excluding carboxylic acids is 1. The molecule has 1 heterocycles. The Labute approximate surface area is 124 Å². The van der Waals surface area contributed by atoms with E-state index in [9.17, 15) is 9.59 Å². The highest BCUT2D eigenvalue weighted by Gasteiger charge is 2.13. The minimum atomic E-state index is -1.09. The summed E-state index contributed by atoms with van der Waals surface area (Å²) in [4.78, 5) is 26.8. The standard InChI is InChI=1S/C13H13N3O4S/c1-20-10-4-7(2-3-9(10)12(18)19)15-11(17)5-8-6-21-13(14)16-8/h2-4,6H,5H2,1H3,(H2,14,16)(H,15,17)(H,18,19). The maximum absolute atomic E-state index is 11.9. The van der Waals surface area contributed by atoms with Crippen molar-refractivity contribution in [3.05, 3.63) is 34.8 Å². The van der Waals surface area contributed by atoms with Gasteiger partial charge in [-0.3, -0.25) is 4.79 Å². The van der Waals surface area contributed by atoms with E-state index < -0.39 is 5.97 Å². The van der Waals surface area contributed by atoms with Gasteiger partial charge in [0.1, 0.15) is 11.3 Å². The highest BCUT2D eigenvalue weighted by molar-refractivity contribution is 7.13. The molecule has 2 aromatic rings. The number of nitrogens with two attached hydrogens (primary N) is 1. The van der Waals surface area contributed by atoms with Crippen LogP contribution in [0, 0.1) is 0 Å². The molecular weight excluding hydrogens is 294 g/mol. The van der Waals surface area contributed by atoms with E-state index in [2.05, 4.69) is 10.3 Å². The SMILES string of the molecule is COc1cc(NC(=O)Cc2csc(N)n2)ccc1C(=O)O. The molecule has 0 saturated carbocycles. The number of rotatable bonds is 5. The van der Waals surface area contributed by atoms with Crippen LogP contribution in [-0.4, -0.2) is 29.1 Å². The molecule has 1 aromatic heterocycles. The summed E-state index contributed by atoms with van der Waals surface area (Å²) in [5, 5.41) is 13.8. The quantitative estimate of drug-likeness (QED) is 0.773. The van der Waals surface area contributed by atoms with E-state index >= 15 is 0 Å². The van der Waals surface area contributed by atoms with Crippen molar-refractivity contribution >= 4 is 34.0 Å². The average Bonchev–Trinajstić information content (AvgIpc) is 2.83. The Morgan fingerprint density at radius 1 is 1.48 bits per heavy atom. The molecule has 1 aromatic carbocycles. The second-order valence-electron chi connectivity index (χ2n) is 4.12. The number of hydrogen-bond donors (Lipinski definition) is 3. The van der Waals surface area contributed by atoms with Crippen LogP contribution in [0.15, 0.2) is 23.6 Å². The molecule has 7 nitrogen and oxygen atoms in total. The monoisotopic (exact) mass is 307 g/mol. The molecule has 0 fully saturated rings. The van der Waals surface area contributed by atoms with E-state index in [1.54, 1.807) is 5.38 Å². The lowest BCUT2D eigenvalue weighted by Gasteiger charge is -2.09. The van der Waals surface area contributed by atoms with E-state index in [4.69, 9.17) is 15.6 Å². The number of nitrogen functional groups attached to an aromatic ring is 1. The van der Waals surface area contributed by atoms with E-state index in [0.717, 1.165) is 0 Å². The van der Waals surface area contributed by atoms with Crippen LogP contribution in [0.25, 0.3) is 0 Å². The Bertz CT molecular complexity index is 684. The molecule has 4 N–H and O–H groups in total. The Morgan fingerprint density at radius 2 is 2.24 bits per heavy atom. The van der Waals surface area contributed by atoms with Crippen LogP contribution in [0.5, 0.6) is 5.75 Å². The third-order valence-electron chi connectivity index (χ3n) is 2.63. The van der Waals surface area contributed by atoms with Crippen molar-refractivity contribution in [1.82, 2.24) is 4.98 Å². The number of nitrogens with zero attached hydrogens (tertiary/aromatic N) is 1. The predicted octanol–water partition coefficient (Wildman–Crippen LogP) is 1.61. The van der Waals surface area contributed by atoms with Gasteiger partial charge in [0.15, 0.2) is 5.13 Å². The maximum Gasteiger partial charge on any atom is 0.339 e. The molecule has 0 bridgehead atoms. The lowest BCUT2D eigenvalue weighted by molar-refractivity contribution is -0.115. The highest BCUT2D eigenvalue weighted by atomic mass is 32.1. The van der Waals surface area contributed by atoms with Crippen molar-refractivity contribution in [2.75, 3.05) is 18.2 Å². The normalized spacial score (nSPS) is 10.1. The predicted molar refractivity (Wildman–Crippen MR) is 78.8 cm³/mol. The molecule has 0 radical (unpaired) electrons. The van der Waals surface area contributed by atoms with Crippen molar-refractivity contribution < 1.29 is 19.4 Å². The second kappa shape index (κ2) is 6.23. The molecule has 110 valence electrons. The van der Waals surface area contributed by atoms with Gasteiger partial charge in [-0.15, -0.1) is 11.3 Å². The first-order valence-corrected chi connectivity index (χ1v) is 6.78. The van der Waals surface area contributed by atoms with Gasteiger partial charge in [-0.25, -0.2) is 9.78 Å². The third-order valence-corrected chi connectivity index (χ3v) is 3.35. The number of hydrogen-bond acceptors (Lipinski definition) is 6. The second-order valence-corrected chi connectivity index (χ2v) is 5.01. The highest BCUT2D eigenvalue weighted by Crippen LogP contribution is 2.23. The van der Waals surface area contributed by atoms with Crippen LogP contribution in [0.4, 0.5) is 10.8 Å². The maximum atomic E-state index is 11.9. The molecule has 21 heavy (non-hydrogen) atoms. The molecule has 2 rings (SSSR count). The van der Waals surface area contributed by atoms with Gasteiger partial charge in [-0.2, -0.15) is 0 Å². The number of nitrogens with one attached hydrogen (secondary N) is 1. The van der Waals surface area contributed by atoms with Crippen LogP contribution in [0.3, 0.4) is 0 Å². The zero-order valence-corrected chi connectivity index (χ0v) is 11.9. The summed E-state index contributed by atoms with van der Waals surface area (Å²) < 4.78 is 4.99. The molecule has 8 heteroatoms. The fraction of sp³-hybridized carbons (Fsp3) is 0.154. The molecule has 0 unspecified atom stereocenters. The van der Waals surface area contributed by atoms with Crippen molar-refractivity contribution in [2.45, 2.75) is 6.42 Å². The largest absolute Gasteiger partial charge is 0.496 e. The zero-order chi connectivity index (χ0) is 15.4. The van der Waals surface area contributed by atoms with Gasteiger partial charge in [0.2, 0.25) is 5.91 Å². The summed E-state index contributed by atoms with van der Waals surface area (Å²) in [5.74, 6) is -1.19. The molecule has 0 aliphatic heterocycles. The number of carboxylic acid groups (broad SMARTS) is 1. The first kappa shape index (κ1) is 14.8. The number of aromatic carboxylic acids is 1. The van der Waals surface area contributed by atoms with Crippen LogP contribution < -0.4 is 15.8 Å². The first-order valence-electron chi connectivity index (χ1n) is 5.90. The smallest absolute Gasteiger partial charge is 0.339 e. The zero-order valence-electron chi connectivity index (χ0n) is 11.1. The summed E-state index contributed by atoms with van der Waals surface area (Å²) in [7, 11) is 1.37. The molecular formula is C13H13N3O4S. The van der Waals surface area contributed by atoms with Crippen molar-refractivity contribution in [3.8, 4) is 5.75 Å². The van der Waals surface area contributed by atoms with Crippen molar-refractivity contribution in [2.24, 2.45) is 0 Å². The Hall–Kier alpha value is -2.61. The van der Waals surface area contributed by atoms with E-state index in [0.29, 0.717) is 16.5 Å². The summed E-state index contributed by atoms with van der Waals surface area (Å²) in [6, 6.07) is 4.33. The Morgan fingerprint density at radius 3 is 2.81 bits per heavy atom. The number of carbonyl (C=O) groups is 2. The van der Waals surface area contributed by atoms with Crippen molar-refractivity contribution in [3.63, 3.8) is 0 Å². The van der Waals surface area contributed by atoms with Gasteiger partial charge in [0.25, 0.3) is 0 Å². The number of benzene rings is 1. The number of anilines is 2. The fourth-order valence-corrected chi connectivity index (χ4v) is 2.28. The van der Waals surface area contributed by atoms with Gasteiger partial charge in [0.05, 0.1) is 19.2 Å². The minimum absolute atomic E-state index is 0.0303. The van der Waals surface area contributed by atoms with E-state index in [1.165, 1.54) is 36.6 Å². The van der Waals surface area contributed by atoms with E-state index in [-0.39, 0.29) is 23.6 Å². The Kier molecular flexibility index (Phi) is 4.39. The topological polar surface area (TPSA) is 115 Å². The first-order chi connectivity index (χ1) is 9.99. The number of thiazole rings is 1. The lowest BCUT2D eigenvalue weighted by atomic mass is 10.1. The number of aromatic nitrogens is 1. The minimum Gasteiger partial charge on any atom is -0.496 e. The molecule has 0 aliphatic carbocycles. The van der Waals surface area contributed by atoms with Gasteiger partial charge in [-0.1, -0.05) is 0 Å². The lowest BCUT2D eigenvalue weighted by Crippen LogP contribution is -2.15. The number of amides is 1. The molecule has 1 amide bonds. The van der Waals surface area contributed by atoms with Crippen LogP contribution in [0.1, 0.15) is 16.1 Å².